The Bertz CT molecular complexity index is 1000. The number of allylic oxidation sites excluding steroid dienone is 4. The van der Waals surface area contributed by atoms with Crippen LogP contribution in [0.1, 0.15) is 19.3 Å². The smallest absolute Gasteiger partial charge is 0.346 e. The van der Waals surface area contributed by atoms with Gasteiger partial charge in [0.1, 0.15) is 29.8 Å². The van der Waals surface area contributed by atoms with Crippen molar-refractivity contribution in [3.63, 3.8) is 0 Å². The van der Waals surface area contributed by atoms with Crippen molar-refractivity contribution in [2.75, 3.05) is 13.1 Å². The van der Waals surface area contributed by atoms with Crippen LogP contribution in [0.2, 0.25) is 0 Å². The van der Waals surface area contributed by atoms with Gasteiger partial charge in [0, 0.05) is 32.0 Å². The molecule has 1 fully saturated rings. The Morgan fingerprint density at radius 3 is 2.69 bits per heavy atom. The van der Waals surface area contributed by atoms with Crippen LogP contribution in [0.25, 0.3) is 11.4 Å². The summed E-state index contributed by atoms with van der Waals surface area (Å²) in [6.45, 7) is 4.94. The van der Waals surface area contributed by atoms with E-state index in [0.717, 1.165) is 34.6 Å². The van der Waals surface area contributed by atoms with Gasteiger partial charge in [0.05, 0.1) is 5.56 Å². The van der Waals surface area contributed by atoms with Gasteiger partial charge in [-0.05, 0) is 30.7 Å². The third-order valence-electron chi connectivity index (χ3n) is 4.92. The van der Waals surface area contributed by atoms with E-state index in [1.165, 1.54) is 12.4 Å². The van der Waals surface area contributed by atoms with Gasteiger partial charge in [-0.15, -0.1) is 5.10 Å². The largest absolute Gasteiger partial charge is 0.491 e. The molecule has 150 valence electrons. The van der Waals surface area contributed by atoms with E-state index < -0.39 is 11.6 Å². The third-order valence-corrected chi connectivity index (χ3v) is 4.92. The Labute approximate surface area is 166 Å². The van der Waals surface area contributed by atoms with E-state index in [1.54, 1.807) is 4.90 Å². The average molecular weight is 398 g/mol. The molecule has 8 heteroatoms. The molecule has 1 aromatic heterocycles. The van der Waals surface area contributed by atoms with Crippen molar-refractivity contribution < 1.29 is 18.3 Å². The Morgan fingerprint density at radius 1 is 1.21 bits per heavy atom. The molecule has 1 amide bonds. The molecule has 1 aromatic carbocycles. The zero-order valence-corrected chi connectivity index (χ0v) is 15.7. The minimum atomic E-state index is -0.775. The molecule has 0 radical (unpaired) electrons. The second-order valence-electron chi connectivity index (χ2n) is 7.03. The van der Waals surface area contributed by atoms with Crippen LogP contribution in [-0.4, -0.2) is 44.9 Å². The molecular weight excluding hydrogens is 378 g/mol. The molecule has 2 aliphatic rings. The van der Waals surface area contributed by atoms with Gasteiger partial charge in [-0.2, -0.15) is 4.68 Å². The molecule has 1 aliphatic heterocycles. The van der Waals surface area contributed by atoms with E-state index in [2.05, 4.69) is 16.7 Å². The standard InChI is InChI=1S/C21H20F2N4O2/c1-14-2-5-16(6-3-14)29-17-8-10-26(11-9-17)21(28)27-13-24-20(25-27)18-7-4-15(22)12-19(18)23/h2,4-7,12-13,17H,1,3,8-11H2. The fourth-order valence-corrected chi connectivity index (χ4v) is 3.31. The molecule has 0 saturated carbocycles. The van der Waals surface area contributed by atoms with E-state index in [4.69, 9.17) is 4.74 Å². The number of carbonyl (C=O) groups is 1. The lowest BCUT2D eigenvalue weighted by molar-refractivity contribution is 0.0648. The zero-order chi connectivity index (χ0) is 20.4. The summed E-state index contributed by atoms with van der Waals surface area (Å²) in [5.74, 6) is -0.588. The van der Waals surface area contributed by atoms with Crippen LogP contribution in [0.4, 0.5) is 13.6 Å². The van der Waals surface area contributed by atoms with E-state index in [1.807, 2.05) is 18.2 Å². The molecule has 0 spiro atoms. The number of nitrogens with zero attached hydrogens (tertiary/aromatic N) is 4. The fourth-order valence-electron chi connectivity index (χ4n) is 3.31. The number of hydrogen-bond acceptors (Lipinski definition) is 4. The zero-order valence-electron chi connectivity index (χ0n) is 15.7. The number of aromatic nitrogens is 3. The number of piperidine rings is 1. The Morgan fingerprint density at radius 2 is 2.00 bits per heavy atom. The first-order valence-electron chi connectivity index (χ1n) is 9.38. The number of carbonyl (C=O) groups excluding carboxylic acids is 1. The molecule has 29 heavy (non-hydrogen) atoms. The Hall–Kier alpha value is -3.29. The Kier molecular flexibility index (Phi) is 5.24. The summed E-state index contributed by atoms with van der Waals surface area (Å²) in [6.07, 6.45) is 9.33. The highest BCUT2D eigenvalue weighted by Gasteiger charge is 2.26. The van der Waals surface area contributed by atoms with Gasteiger partial charge in [-0.3, -0.25) is 0 Å². The number of halogens is 2. The summed E-state index contributed by atoms with van der Waals surface area (Å²) in [6, 6.07) is 2.80. The number of ether oxygens (including phenoxy) is 1. The van der Waals surface area contributed by atoms with Crippen LogP contribution in [-0.2, 0) is 4.74 Å². The lowest BCUT2D eigenvalue weighted by Gasteiger charge is -2.32. The van der Waals surface area contributed by atoms with Crippen LogP contribution >= 0.6 is 0 Å². The quantitative estimate of drug-likeness (QED) is 0.782. The predicted molar refractivity (Wildman–Crippen MR) is 103 cm³/mol. The van der Waals surface area contributed by atoms with E-state index >= 15 is 0 Å². The maximum Gasteiger partial charge on any atom is 0.346 e. The first-order chi connectivity index (χ1) is 14.0. The molecule has 4 rings (SSSR count). The van der Waals surface area contributed by atoms with Crippen LogP contribution in [0.5, 0.6) is 0 Å². The normalized spacial score (nSPS) is 17.4. The predicted octanol–water partition coefficient (Wildman–Crippen LogP) is 4.07. The molecule has 0 atom stereocenters. The summed E-state index contributed by atoms with van der Waals surface area (Å²) in [5, 5.41) is 4.06. The first kappa shape index (κ1) is 19.0. The monoisotopic (exact) mass is 398 g/mol. The van der Waals surface area contributed by atoms with E-state index in [-0.39, 0.29) is 23.5 Å². The molecular formula is C21H20F2N4O2. The van der Waals surface area contributed by atoms with Crippen molar-refractivity contribution in [2.24, 2.45) is 0 Å². The highest BCUT2D eigenvalue weighted by Crippen LogP contribution is 2.23. The number of benzene rings is 1. The number of hydrogen-bond donors (Lipinski definition) is 0. The summed E-state index contributed by atoms with van der Waals surface area (Å²) in [4.78, 5) is 18.3. The van der Waals surface area contributed by atoms with E-state index in [0.29, 0.717) is 25.9 Å². The number of likely N-dealkylation sites (tertiary alicyclic amines) is 1. The number of rotatable bonds is 3. The van der Waals surface area contributed by atoms with Crippen LogP contribution in [0, 0.1) is 11.6 Å². The summed E-state index contributed by atoms with van der Waals surface area (Å²) < 4.78 is 34.0. The van der Waals surface area contributed by atoms with Crippen molar-refractivity contribution in [1.29, 1.82) is 0 Å². The molecule has 2 heterocycles. The minimum absolute atomic E-state index is 0.0340. The molecule has 1 saturated heterocycles. The van der Waals surface area contributed by atoms with Crippen LogP contribution in [0.15, 0.2) is 60.7 Å². The fraction of sp³-hybridized carbons (Fsp3) is 0.286. The summed E-state index contributed by atoms with van der Waals surface area (Å²) in [5.41, 5.74) is 1.09. The lowest BCUT2D eigenvalue weighted by atomic mass is 10.1. The first-order valence-corrected chi connectivity index (χ1v) is 9.38. The highest BCUT2D eigenvalue weighted by molar-refractivity contribution is 5.76. The molecule has 0 bridgehead atoms. The number of amides is 1. The minimum Gasteiger partial charge on any atom is -0.491 e. The van der Waals surface area contributed by atoms with Crippen LogP contribution in [0.3, 0.4) is 0 Å². The maximum absolute atomic E-state index is 13.9. The van der Waals surface area contributed by atoms with Gasteiger partial charge in [-0.1, -0.05) is 18.2 Å². The van der Waals surface area contributed by atoms with E-state index in [9.17, 15) is 13.6 Å². The molecule has 2 aromatic rings. The van der Waals surface area contributed by atoms with Gasteiger partial charge in [0.2, 0.25) is 0 Å². The van der Waals surface area contributed by atoms with Crippen molar-refractivity contribution in [3.05, 3.63) is 72.3 Å². The van der Waals surface area contributed by atoms with Crippen LogP contribution < -0.4 is 0 Å². The van der Waals surface area contributed by atoms with Gasteiger partial charge in [-0.25, -0.2) is 18.6 Å². The molecule has 6 nitrogen and oxygen atoms in total. The molecule has 0 N–H and O–H groups in total. The molecule has 0 unspecified atom stereocenters. The van der Waals surface area contributed by atoms with Gasteiger partial charge in [0.15, 0.2) is 5.82 Å². The second-order valence-corrected chi connectivity index (χ2v) is 7.03. The maximum atomic E-state index is 13.9. The lowest BCUT2D eigenvalue weighted by Crippen LogP contribution is -2.43. The average Bonchev–Trinajstić information content (AvgIpc) is 3.20. The van der Waals surface area contributed by atoms with Crippen molar-refractivity contribution in [3.8, 4) is 11.4 Å². The van der Waals surface area contributed by atoms with Crippen molar-refractivity contribution in [2.45, 2.75) is 25.4 Å². The summed E-state index contributed by atoms with van der Waals surface area (Å²) >= 11 is 0. The Balaban J connectivity index is 1.36. The van der Waals surface area contributed by atoms with Crippen molar-refractivity contribution >= 4 is 6.03 Å². The topological polar surface area (TPSA) is 60.2 Å². The molecule has 1 aliphatic carbocycles. The highest BCUT2D eigenvalue weighted by atomic mass is 19.1. The van der Waals surface area contributed by atoms with Gasteiger partial charge < -0.3 is 9.64 Å². The van der Waals surface area contributed by atoms with Crippen molar-refractivity contribution in [1.82, 2.24) is 19.7 Å². The third kappa shape index (κ3) is 4.26. The summed E-state index contributed by atoms with van der Waals surface area (Å²) in [7, 11) is 0. The SMILES string of the molecule is C=C1C=CC(OC2CCN(C(=O)n3cnc(-c4ccc(F)cc4F)n3)CC2)=CC1. The van der Waals surface area contributed by atoms with Gasteiger partial charge in [0.25, 0.3) is 0 Å². The van der Waals surface area contributed by atoms with Gasteiger partial charge >= 0.3 is 6.03 Å². The second kappa shape index (κ2) is 7.98.